The molecule has 3 aromatic rings. The molecule has 1 saturated heterocycles. The van der Waals surface area contributed by atoms with Gasteiger partial charge < -0.3 is 19.7 Å². The van der Waals surface area contributed by atoms with E-state index in [1.54, 1.807) is 43.4 Å². The minimum atomic E-state index is -0.990. The van der Waals surface area contributed by atoms with Gasteiger partial charge in [0, 0.05) is 42.0 Å². The van der Waals surface area contributed by atoms with Crippen LogP contribution in [0.4, 0.5) is 8.78 Å². The lowest BCUT2D eigenvalue weighted by molar-refractivity contribution is 0.0668. The van der Waals surface area contributed by atoms with Crippen molar-refractivity contribution in [2.24, 2.45) is 5.41 Å². The van der Waals surface area contributed by atoms with Crippen LogP contribution in [-0.4, -0.2) is 55.0 Å². The molecule has 2 aromatic carbocycles. The number of amides is 2. The second kappa shape index (κ2) is 10.0. The number of halogens is 2. The second-order valence-corrected chi connectivity index (χ2v) is 9.92. The molecule has 2 fully saturated rings. The molecule has 1 unspecified atom stereocenters. The van der Waals surface area contributed by atoms with Crippen LogP contribution in [0.5, 0.6) is 11.5 Å². The zero-order valence-corrected chi connectivity index (χ0v) is 21.5. The summed E-state index contributed by atoms with van der Waals surface area (Å²) in [5.41, 5.74) is 2.27. The number of pyridine rings is 1. The van der Waals surface area contributed by atoms with Crippen molar-refractivity contribution in [1.82, 2.24) is 15.2 Å². The maximum Gasteiger partial charge on any atom is 0.256 e. The molecular weight excluding hydrogens is 492 g/mol. The molecule has 1 N–H and O–H groups in total. The first kappa shape index (κ1) is 25.6. The molecule has 7 nitrogen and oxygen atoms in total. The van der Waals surface area contributed by atoms with Gasteiger partial charge in [0.15, 0.2) is 11.6 Å². The van der Waals surface area contributed by atoms with Crippen LogP contribution >= 0.6 is 0 Å². The maximum atomic E-state index is 13.8. The molecule has 1 aliphatic carbocycles. The monoisotopic (exact) mass is 521 g/mol. The number of likely N-dealkylation sites (tertiary alicyclic amines) is 1. The van der Waals surface area contributed by atoms with E-state index in [0.29, 0.717) is 47.0 Å². The molecule has 5 rings (SSSR count). The van der Waals surface area contributed by atoms with Crippen molar-refractivity contribution in [3.63, 3.8) is 0 Å². The Hall–Kier alpha value is -4.01. The summed E-state index contributed by atoms with van der Waals surface area (Å²) in [6, 6.07) is 10.3. The summed E-state index contributed by atoms with van der Waals surface area (Å²) in [7, 11) is 3.11. The Morgan fingerprint density at radius 1 is 1.03 bits per heavy atom. The van der Waals surface area contributed by atoms with Gasteiger partial charge in [-0.15, -0.1) is 0 Å². The average Bonchev–Trinajstić information content (AvgIpc) is 3.60. The molecule has 0 radical (unpaired) electrons. The van der Waals surface area contributed by atoms with Gasteiger partial charge in [-0.3, -0.25) is 14.6 Å². The molecule has 0 bridgehead atoms. The van der Waals surface area contributed by atoms with Crippen molar-refractivity contribution in [1.29, 1.82) is 0 Å². The number of carbonyl (C=O) groups is 2. The molecule has 1 atom stereocenters. The van der Waals surface area contributed by atoms with Crippen LogP contribution in [0.2, 0.25) is 0 Å². The summed E-state index contributed by atoms with van der Waals surface area (Å²) in [5.74, 6) is -1.15. The highest BCUT2D eigenvalue weighted by atomic mass is 19.2. The van der Waals surface area contributed by atoms with E-state index in [1.807, 2.05) is 6.92 Å². The zero-order valence-electron chi connectivity index (χ0n) is 21.5. The molecule has 1 saturated carbocycles. The third kappa shape index (κ3) is 4.68. The minimum Gasteiger partial charge on any atom is -0.496 e. The van der Waals surface area contributed by atoms with Gasteiger partial charge >= 0.3 is 0 Å². The number of hydrogen-bond acceptors (Lipinski definition) is 5. The molecule has 9 heteroatoms. The number of nitrogens with zero attached hydrogens (tertiary/aromatic N) is 2. The largest absolute Gasteiger partial charge is 0.496 e. The smallest absolute Gasteiger partial charge is 0.256 e. The van der Waals surface area contributed by atoms with Gasteiger partial charge in [-0.2, -0.15) is 0 Å². The Morgan fingerprint density at radius 2 is 1.71 bits per heavy atom. The number of piperidine rings is 1. The minimum absolute atomic E-state index is 0.0293. The molecule has 2 aliphatic rings. The lowest BCUT2D eigenvalue weighted by atomic mass is 9.92. The van der Waals surface area contributed by atoms with E-state index in [4.69, 9.17) is 9.47 Å². The highest BCUT2D eigenvalue weighted by Gasteiger charge is 2.56. The van der Waals surface area contributed by atoms with Crippen LogP contribution in [0.1, 0.15) is 45.5 Å². The van der Waals surface area contributed by atoms with Crippen LogP contribution in [-0.2, 0) is 0 Å². The zero-order chi connectivity index (χ0) is 27.0. The van der Waals surface area contributed by atoms with E-state index in [2.05, 4.69) is 10.3 Å². The fourth-order valence-electron chi connectivity index (χ4n) is 5.34. The number of carbonyl (C=O) groups excluding carboxylic acids is 2. The number of rotatable bonds is 6. The van der Waals surface area contributed by atoms with Gasteiger partial charge in [0.1, 0.15) is 11.5 Å². The topological polar surface area (TPSA) is 80.8 Å². The predicted octanol–water partition coefficient (Wildman–Crippen LogP) is 4.78. The van der Waals surface area contributed by atoms with Crippen molar-refractivity contribution in [3.8, 4) is 22.8 Å². The summed E-state index contributed by atoms with van der Waals surface area (Å²) >= 11 is 0. The molecule has 38 heavy (non-hydrogen) atoms. The number of hydrogen-bond donors (Lipinski definition) is 1. The van der Waals surface area contributed by atoms with Gasteiger partial charge in [0.25, 0.3) is 11.8 Å². The number of methoxy groups -OCH3 is 2. The molecule has 198 valence electrons. The summed E-state index contributed by atoms with van der Waals surface area (Å²) in [6.45, 7) is 2.93. The van der Waals surface area contributed by atoms with Gasteiger partial charge in [-0.25, -0.2) is 8.78 Å². The van der Waals surface area contributed by atoms with Crippen molar-refractivity contribution in [2.45, 2.75) is 32.2 Å². The number of benzene rings is 2. The van der Waals surface area contributed by atoms with Crippen LogP contribution < -0.4 is 14.8 Å². The fourth-order valence-corrected chi connectivity index (χ4v) is 5.34. The van der Waals surface area contributed by atoms with E-state index in [1.165, 1.54) is 12.3 Å². The first-order valence-electron chi connectivity index (χ1n) is 12.5. The van der Waals surface area contributed by atoms with Gasteiger partial charge in [-0.1, -0.05) is 0 Å². The Bertz CT molecular complexity index is 1380. The summed E-state index contributed by atoms with van der Waals surface area (Å²) in [4.78, 5) is 32.4. The van der Waals surface area contributed by atoms with E-state index in [0.717, 1.165) is 37.0 Å². The number of aromatic nitrogens is 1. The Kier molecular flexibility index (Phi) is 6.77. The van der Waals surface area contributed by atoms with E-state index >= 15 is 0 Å². The first-order valence-corrected chi connectivity index (χ1v) is 12.5. The van der Waals surface area contributed by atoms with E-state index < -0.39 is 11.6 Å². The Morgan fingerprint density at radius 3 is 2.34 bits per heavy atom. The average molecular weight is 522 g/mol. The highest BCUT2D eigenvalue weighted by molar-refractivity contribution is 6.00. The van der Waals surface area contributed by atoms with Crippen LogP contribution in [0, 0.1) is 24.0 Å². The Labute approximate surface area is 219 Å². The first-order chi connectivity index (χ1) is 18.3. The number of ether oxygens (including phenoxy) is 2. The fraction of sp³-hybridized carbons (Fsp3) is 0.345. The number of nitrogens with one attached hydrogen (secondary N) is 1. The SMILES string of the molecule is COc1cc(C(=O)NC2CC23CCN(C(=O)c2cccnc2-c2ccc(F)c(F)c2)CC3)cc(OC)c1C. The normalized spacial score (nSPS) is 17.7. The lowest BCUT2D eigenvalue weighted by Crippen LogP contribution is -2.42. The highest BCUT2D eigenvalue weighted by Crippen LogP contribution is 2.54. The summed E-state index contributed by atoms with van der Waals surface area (Å²) in [5, 5.41) is 3.14. The van der Waals surface area contributed by atoms with Gasteiger partial charge in [0.05, 0.1) is 25.5 Å². The molecular formula is C29H29F2N3O4. The molecule has 1 aliphatic heterocycles. The van der Waals surface area contributed by atoms with Crippen molar-refractivity contribution >= 4 is 11.8 Å². The van der Waals surface area contributed by atoms with Gasteiger partial charge in [0.2, 0.25) is 0 Å². The molecule has 2 heterocycles. The Balaban J connectivity index is 1.24. The lowest BCUT2D eigenvalue weighted by Gasteiger charge is -2.33. The van der Waals surface area contributed by atoms with Crippen LogP contribution in [0.15, 0.2) is 48.7 Å². The standard InChI is InChI=1S/C29H29F2N3O4/c1-17-23(37-2)14-19(15-24(17)38-3)27(35)33-25-16-29(25)8-11-34(12-9-29)28(36)20-5-4-10-32-26(20)18-6-7-21(30)22(31)13-18/h4-7,10,13-15,25H,8-9,11-12,16H2,1-3H3,(H,33,35). The maximum absolute atomic E-state index is 13.8. The molecule has 2 amide bonds. The molecule has 1 spiro atoms. The van der Waals surface area contributed by atoms with Crippen molar-refractivity contribution < 1.29 is 27.8 Å². The second-order valence-electron chi connectivity index (χ2n) is 9.92. The predicted molar refractivity (Wildman–Crippen MR) is 137 cm³/mol. The van der Waals surface area contributed by atoms with Crippen molar-refractivity contribution in [3.05, 3.63) is 77.0 Å². The van der Waals surface area contributed by atoms with Crippen LogP contribution in [0.3, 0.4) is 0 Å². The van der Waals surface area contributed by atoms with E-state index in [-0.39, 0.29) is 23.3 Å². The quantitative estimate of drug-likeness (QED) is 0.505. The summed E-state index contributed by atoms with van der Waals surface area (Å²) in [6.07, 6.45) is 3.89. The molecule has 1 aromatic heterocycles. The van der Waals surface area contributed by atoms with E-state index in [9.17, 15) is 18.4 Å². The van der Waals surface area contributed by atoms with Crippen LogP contribution in [0.25, 0.3) is 11.3 Å². The third-order valence-corrected chi connectivity index (χ3v) is 7.79. The van der Waals surface area contributed by atoms with Gasteiger partial charge in [-0.05, 0) is 74.1 Å². The summed E-state index contributed by atoms with van der Waals surface area (Å²) < 4.78 is 38.0. The third-order valence-electron chi connectivity index (χ3n) is 7.79. The van der Waals surface area contributed by atoms with Crippen molar-refractivity contribution in [2.75, 3.05) is 27.3 Å².